The maximum absolute atomic E-state index is 12.6. The number of aromatic amines is 1. The van der Waals surface area contributed by atoms with Crippen molar-refractivity contribution in [2.24, 2.45) is 0 Å². The average molecular weight is 408 g/mol. The van der Waals surface area contributed by atoms with Gasteiger partial charge in [0.05, 0.1) is 25.3 Å². The van der Waals surface area contributed by atoms with Crippen LogP contribution in [-0.2, 0) is 27.4 Å². The van der Waals surface area contributed by atoms with Crippen molar-refractivity contribution in [3.63, 3.8) is 0 Å². The first-order valence-electron chi connectivity index (χ1n) is 10.2. The number of benzene rings is 1. The monoisotopic (exact) mass is 408 g/mol. The number of hydrogen-bond acceptors (Lipinski definition) is 5. The average Bonchev–Trinajstić information content (AvgIpc) is 3.44. The SMILES string of the molecule is O=C1Nc2ccc(CN3CCOC3=O)cc2C1=Cc1ccc(CN2CCOCC2)[nH]1. The highest BCUT2D eigenvalue weighted by Crippen LogP contribution is 2.34. The molecule has 0 saturated carbocycles. The second kappa shape index (κ2) is 7.97. The minimum Gasteiger partial charge on any atom is -0.448 e. The Balaban J connectivity index is 1.35. The molecule has 8 heteroatoms. The summed E-state index contributed by atoms with van der Waals surface area (Å²) in [6.45, 7) is 5.72. The second-order valence-electron chi connectivity index (χ2n) is 7.76. The van der Waals surface area contributed by atoms with Crippen LogP contribution in [0.15, 0.2) is 30.3 Å². The molecule has 2 amide bonds. The fourth-order valence-electron chi connectivity index (χ4n) is 4.06. The standard InChI is InChI=1S/C22H24N4O4/c27-21-19(12-16-2-3-17(23-16)14-25-5-8-29-9-6-25)18-11-15(1-4-20(18)24-21)13-26-7-10-30-22(26)28/h1-4,11-12,23H,5-10,13-14H2,(H,24,27). The Morgan fingerprint density at radius 1 is 1.00 bits per heavy atom. The largest absolute Gasteiger partial charge is 0.448 e. The van der Waals surface area contributed by atoms with Gasteiger partial charge in [0.25, 0.3) is 5.91 Å². The van der Waals surface area contributed by atoms with E-state index in [1.54, 1.807) is 4.90 Å². The summed E-state index contributed by atoms with van der Waals surface area (Å²) < 4.78 is 10.4. The van der Waals surface area contributed by atoms with E-state index in [4.69, 9.17) is 9.47 Å². The van der Waals surface area contributed by atoms with Crippen LogP contribution in [0.4, 0.5) is 10.5 Å². The number of cyclic esters (lactones) is 1. The highest BCUT2D eigenvalue weighted by Gasteiger charge is 2.26. The number of ether oxygens (including phenoxy) is 2. The molecule has 0 spiro atoms. The van der Waals surface area contributed by atoms with Gasteiger partial charge in [-0.1, -0.05) is 6.07 Å². The molecule has 4 heterocycles. The van der Waals surface area contributed by atoms with Crippen LogP contribution in [0.2, 0.25) is 0 Å². The molecule has 3 aliphatic heterocycles. The predicted molar refractivity (Wildman–Crippen MR) is 112 cm³/mol. The van der Waals surface area contributed by atoms with Gasteiger partial charge in [0.15, 0.2) is 0 Å². The summed E-state index contributed by atoms with van der Waals surface area (Å²) in [7, 11) is 0. The molecule has 0 radical (unpaired) electrons. The lowest BCUT2D eigenvalue weighted by Crippen LogP contribution is -2.35. The van der Waals surface area contributed by atoms with Gasteiger partial charge in [-0.2, -0.15) is 0 Å². The zero-order valence-electron chi connectivity index (χ0n) is 16.6. The number of morpholine rings is 1. The number of rotatable bonds is 5. The lowest BCUT2D eigenvalue weighted by Gasteiger charge is -2.25. The summed E-state index contributed by atoms with van der Waals surface area (Å²) in [5.41, 5.74) is 5.24. The molecule has 8 nitrogen and oxygen atoms in total. The number of aromatic nitrogens is 1. The first-order valence-corrected chi connectivity index (χ1v) is 10.2. The van der Waals surface area contributed by atoms with Crippen molar-refractivity contribution in [3.8, 4) is 0 Å². The van der Waals surface area contributed by atoms with E-state index >= 15 is 0 Å². The molecule has 0 aliphatic carbocycles. The third-order valence-electron chi connectivity index (χ3n) is 5.65. The van der Waals surface area contributed by atoms with Gasteiger partial charge < -0.3 is 24.7 Å². The van der Waals surface area contributed by atoms with Crippen molar-refractivity contribution in [3.05, 3.63) is 52.8 Å². The third kappa shape index (κ3) is 3.83. The molecule has 0 bridgehead atoms. The van der Waals surface area contributed by atoms with Crippen LogP contribution in [0.25, 0.3) is 11.6 Å². The van der Waals surface area contributed by atoms with E-state index in [1.807, 2.05) is 30.3 Å². The summed E-state index contributed by atoms with van der Waals surface area (Å²) in [4.78, 5) is 31.7. The Hall–Kier alpha value is -3.10. The van der Waals surface area contributed by atoms with Crippen molar-refractivity contribution < 1.29 is 19.1 Å². The first-order chi connectivity index (χ1) is 14.7. The summed E-state index contributed by atoms with van der Waals surface area (Å²) in [5, 5.41) is 2.92. The van der Waals surface area contributed by atoms with Crippen molar-refractivity contribution in [1.29, 1.82) is 0 Å². The van der Waals surface area contributed by atoms with E-state index in [2.05, 4.69) is 21.3 Å². The summed E-state index contributed by atoms with van der Waals surface area (Å²) in [6.07, 6.45) is 1.59. The minimum absolute atomic E-state index is 0.118. The molecular formula is C22H24N4O4. The van der Waals surface area contributed by atoms with Gasteiger partial charge in [0.2, 0.25) is 0 Å². The molecule has 0 unspecified atom stereocenters. The van der Waals surface area contributed by atoms with E-state index < -0.39 is 0 Å². The molecule has 2 aromatic rings. The van der Waals surface area contributed by atoms with Gasteiger partial charge in [-0.15, -0.1) is 0 Å². The van der Waals surface area contributed by atoms with E-state index in [0.29, 0.717) is 25.3 Å². The number of fused-ring (bicyclic) bond motifs is 1. The summed E-state index contributed by atoms with van der Waals surface area (Å²) >= 11 is 0. The van der Waals surface area contributed by atoms with Gasteiger partial charge in [-0.3, -0.25) is 9.69 Å². The smallest absolute Gasteiger partial charge is 0.410 e. The minimum atomic E-state index is -0.292. The molecule has 156 valence electrons. The zero-order chi connectivity index (χ0) is 20.5. The van der Waals surface area contributed by atoms with Crippen LogP contribution < -0.4 is 5.32 Å². The molecule has 2 fully saturated rings. The molecule has 1 aromatic heterocycles. The van der Waals surface area contributed by atoms with Crippen LogP contribution in [0.3, 0.4) is 0 Å². The predicted octanol–water partition coefficient (Wildman–Crippen LogP) is 2.29. The molecule has 5 rings (SSSR count). The summed E-state index contributed by atoms with van der Waals surface area (Å²) in [6, 6.07) is 9.86. The molecule has 2 N–H and O–H groups in total. The Kier molecular flexibility index (Phi) is 5.02. The van der Waals surface area contributed by atoms with E-state index in [0.717, 1.165) is 61.1 Å². The molecule has 1 aromatic carbocycles. The van der Waals surface area contributed by atoms with Crippen molar-refractivity contribution in [2.45, 2.75) is 13.1 Å². The highest BCUT2D eigenvalue weighted by atomic mass is 16.6. The normalized spacial score (nSPS) is 20.5. The number of anilines is 1. The zero-order valence-corrected chi connectivity index (χ0v) is 16.6. The second-order valence-corrected chi connectivity index (χ2v) is 7.76. The van der Waals surface area contributed by atoms with Crippen LogP contribution >= 0.6 is 0 Å². The van der Waals surface area contributed by atoms with Crippen LogP contribution in [-0.4, -0.2) is 66.2 Å². The lowest BCUT2D eigenvalue weighted by atomic mass is 10.0. The van der Waals surface area contributed by atoms with Crippen LogP contribution in [0, 0.1) is 0 Å². The number of carbonyl (C=O) groups is 2. The Labute approximate surface area is 174 Å². The van der Waals surface area contributed by atoms with Gasteiger partial charge >= 0.3 is 6.09 Å². The number of hydrogen-bond donors (Lipinski definition) is 2. The molecular weight excluding hydrogens is 384 g/mol. The Morgan fingerprint density at radius 2 is 1.87 bits per heavy atom. The molecule has 3 aliphatic rings. The van der Waals surface area contributed by atoms with Gasteiger partial charge in [0.1, 0.15) is 6.61 Å². The van der Waals surface area contributed by atoms with Gasteiger partial charge in [-0.05, 0) is 35.9 Å². The fourth-order valence-corrected chi connectivity index (χ4v) is 4.06. The maximum atomic E-state index is 12.6. The van der Waals surface area contributed by atoms with Crippen LogP contribution in [0.5, 0.6) is 0 Å². The highest BCUT2D eigenvalue weighted by molar-refractivity contribution is 6.34. The number of nitrogens with one attached hydrogen (secondary N) is 2. The quantitative estimate of drug-likeness (QED) is 0.742. The number of amides is 2. The Morgan fingerprint density at radius 3 is 2.67 bits per heavy atom. The first kappa shape index (κ1) is 18.9. The Bertz CT molecular complexity index is 1010. The van der Waals surface area contributed by atoms with E-state index in [-0.39, 0.29) is 12.0 Å². The van der Waals surface area contributed by atoms with Crippen molar-refractivity contribution >= 4 is 29.3 Å². The molecule has 30 heavy (non-hydrogen) atoms. The van der Waals surface area contributed by atoms with Crippen molar-refractivity contribution in [1.82, 2.24) is 14.8 Å². The number of nitrogens with zero attached hydrogens (tertiary/aromatic N) is 2. The van der Waals surface area contributed by atoms with Crippen LogP contribution in [0.1, 0.15) is 22.5 Å². The van der Waals surface area contributed by atoms with Crippen molar-refractivity contribution in [2.75, 3.05) is 44.8 Å². The summed E-state index contributed by atoms with van der Waals surface area (Å²) in [5.74, 6) is -0.118. The number of H-pyrrole nitrogens is 1. The lowest BCUT2D eigenvalue weighted by molar-refractivity contribution is -0.110. The molecule has 2 saturated heterocycles. The fraction of sp³-hybridized carbons (Fsp3) is 0.364. The van der Waals surface area contributed by atoms with E-state index in [9.17, 15) is 9.59 Å². The van der Waals surface area contributed by atoms with Gasteiger partial charge in [0, 0.05) is 48.8 Å². The topological polar surface area (TPSA) is 86.9 Å². The maximum Gasteiger partial charge on any atom is 0.410 e. The molecule has 0 atom stereocenters. The van der Waals surface area contributed by atoms with E-state index in [1.165, 1.54) is 0 Å². The number of carbonyl (C=O) groups excluding carboxylic acids is 2. The third-order valence-corrected chi connectivity index (χ3v) is 5.65. The van der Waals surface area contributed by atoms with Gasteiger partial charge in [-0.25, -0.2) is 4.79 Å².